The highest BCUT2D eigenvalue weighted by atomic mass is 32.1. The molecule has 0 radical (unpaired) electrons. The number of thiophene rings is 1. The Balaban J connectivity index is 1.56. The number of ether oxygens (including phenoxy) is 1. The maximum absolute atomic E-state index is 12.3. The minimum absolute atomic E-state index is 0.00572. The minimum atomic E-state index is -0.111. The fraction of sp³-hybridized carbons (Fsp3) is 0.650. The number of aromatic nitrogens is 2. The summed E-state index contributed by atoms with van der Waals surface area (Å²) in [7, 11) is 4.28. The van der Waals surface area contributed by atoms with Gasteiger partial charge in [0, 0.05) is 36.0 Å². The first-order valence-electron chi connectivity index (χ1n) is 10.0. The summed E-state index contributed by atoms with van der Waals surface area (Å²) in [5.74, 6) is 0.654. The molecule has 1 amide bonds. The van der Waals surface area contributed by atoms with Gasteiger partial charge in [0.25, 0.3) is 0 Å². The molecule has 2 aromatic heterocycles. The monoisotopic (exact) mass is 404 g/mol. The predicted molar refractivity (Wildman–Crippen MR) is 109 cm³/mol. The van der Waals surface area contributed by atoms with Gasteiger partial charge in [0.05, 0.1) is 12.0 Å². The summed E-state index contributed by atoms with van der Waals surface area (Å²) in [6.45, 7) is 1.13. The quantitative estimate of drug-likeness (QED) is 0.823. The zero-order valence-corrected chi connectivity index (χ0v) is 17.4. The van der Waals surface area contributed by atoms with Crippen LogP contribution >= 0.6 is 11.3 Å². The molecule has 1 aliphatic heterocycles. The van der Waals surface area contributed by atoms with Crippen LogP contribution in [0.15, 0.2) is 6.33 Å². The van der Waals surface area contributed by atoms with E-state index in [0.717, 1.165) is 47.9 Å². The van der Waals surface area contributed by atoms with Crippen molar-refractivity contribution in [1.82, 2.24) is 19.8 Å². The Morgan fingerprint density at radius 2 is 2.11 bits per heavy atom. The normalized spacial score (nSPS) is 22.5. The van der Waals surface area contributed by atoms with E-state index < -0.39 is 0 Å². The van der Waals surface area contributed by atoms with Crippen molar-refractivity contribution in [1.29, 1.82) is 0 Å². The van der Waals surface area contributed by atoms with Crippen LogP contribution in [0, 0.1) is 0 Å². The lowest BCUT2D eigenvalue weighted by Crippen LogP contribution is -2.36. The van der Waals surface area contributed by atoms with Gasteiger partial charge in [-0.25, -0.2) is 9.97 Å². The molecule has 8 heteroatoms. The van der Waals surface area contributed by atoms with Crippen LogP contribution in [0.2, 0.25) is 0 Å². The van der Waals surface area contributed by atoms with E-state index in [0.29, 0.717) is 25.0 Å². The first-order valence-corrected chi connectivity index (χ1v) is 10.9. The van der Waals surface area contributed by atoms with E-state index in [4.69, 9.17) is 9.84 Å². The molecule has 1 N–H and O–H groups in total. The first-order chi connectivity index (χ1) is 13.6. The Hall–Kier alpha value is -1.77. The molecule has 0 saturated heterocycles. The molecule has 7 nitrogen and oxygen atoms in total. The van der Waals surface area contributed by atoms with Gasteiger partial charge >= 0.3 is 0 Å². The average molecular weight is 405 g/mol. The summed E-state index contributed by atoms with van der Waals surface area (Å²) in [5, 5.41) is 10.1. The fourth-order valence-corrected chi connectivity index (χ4v) is 5.41. The fourth-order valence-electron chi connectivity index (χ4n) is 4.28. The molecule has 0 spiro atoms. The maximum Gasteiger partial charge on any atom is 0.225 e. The van der Waals surface area contributed by atoms with Crippen molar-refractivity contribution >= 4 is 27.5 Å². The van der Waals surface area contributed by atoms with Crippen LogP contribution in [0.3, 0.4) is 0 Å². The standard InChI is InChI=1S/C20H28N4O3S/c1-23(2)13-3-5-14(6-4-13)27-19-18-15-11-24(17(26)8-10-25)9-7-16(15)28-20(18)22-12-21-19/h12-14,25H,3-11H2,1-2H3/t13-,14-. The van der Waals surface area contributed by atoms with Gasteiger partial charge in [-0.3, -0.25) is 4.79 Å². The van der Waals surface area contributed by atoms with Gasteiger partial charge in [-0.1, -0.05) is 0 Å². The van der Waals surface area contributed by atoms with Gasteiger partial charge < -0.3 is 19.6 Å². The van der Waals surface area contributed by atoms with Gasteiger partial charge in [-0.2, -0.15) is 0 Å². The van der Waals surface area contributed by atoms with E-state index in [1.165, 1.54) is 4.88 Å². The van der Waals surface area contributed by atoms with Crippen LogP contribution in [-0.4, -0.2) is 70.2 Å². The van der Waals surface area contributed by atoms with Crippen LogP contribution in [0.4, 0.5) is 0 Å². The molecule has 1 saturated carbocycles. The Kier molecular flexibility index (Phi) is 5.80. The molecule has 152 valence electrons. The number of carbonyl (C=O) groups excluding carboxylic acids is 1. The summed E-state index contributed by atoms with van der Waals surface area (Å²) < 4.78 is 6.36. The average Bonchev–Trinajstić information content (AvgIpc) is 3.07. The van der Waals surface area contributed by atoms with E-state index in [1.807, 2.05) is 4.90 Å². The largest absolute Gasteiger partial charge is 0.474 e. The lowest BCUT2D eigenvalue weighted by Gasteiger charge is -2.32. The summed E-state index contributed by atoms with van der Waals surface area (Å²) in [4.78, 5) is 27.5. The molecule has 3 heterocycles. The topological polar surface area (TPSA) is 78.8 Å². The molecule has 4 rings (SSSR count). The van der Waals surface area contributed by atoms with Gasteiger partial charge in [0.1, 0.15) is 17.3 Å². The Morgan fingerprint density at radius 3 is 2.82 bits per heavy atom. The molecule has 0 unspecified atom stereocenters. The summed E-state index contributed by atoms with van der Waals surface area (Å²) in [6.07, 6.45) is 7.09. The van der Waals surface area contributed by atoms with E-state index in [9.17, 15) is 4.79 Å². The highest BCUT2D eigenvalue weighted by Crippen LogP contribution is 2.39. The van der Waals surface area contributed by atoms with Crippen LogP contribution in [0.1, 0.15) is 42.5 Å². The molecule has 2 aromatic rings. The second-order valence-electron chi connectivity index (χ2n) is 7.91. The van der Waals surface area contributed by atoms with Gasteiger partial charge in [-0.15, -0.1) is 11.3 Å². The van der Waals surface area contributed by atoms with Gasteiger partial charge in [0.15, 0.2) is 0 Å². The maximum atomic E-state index is 12.3. The molecular formula is C20H28N4O3S. The number of carbonyl (C=O) groups is 1. The number of hydrogen-bond acceptors (Lipinski definition) is 7. The molecule has 1 aliphatic carbocycles. The van der Waals surface area contributed by atoms with Crippen LogP contribution < -0.4 is 4.74 Å². The van der Waals surface area contributed by atoms with Crippen LogP contribution in [0.5, 0.6) is 5.88 Å². The third-order valence-electron chi connectivity index (χ3n) is 5.92. The van der Waals surface area contributed by atoms with Crippen molar-refractivity contribution in [3.05, 3.63) is 16.8 Å². The number of fused-ring (bicyclic) bond motifs is 3. The first kappa shape index (κ1) is 19.5. The molecule has 1 fully saturated rings. The smallest absolute Gasteiger partial charge is 0.225 e. The molecule has 0 bridgehead atoms. The summed E-state index contributed by atoms with van der Waals surface area (Å²) in [5.41, 5.74) is 1.12. The van der Waals surface area contributed by atoms with E-state index in [-0.39, 0.29) is 25.0 Å². The molecule has 0 aromatic carbocycles. The third kappa shape index (κ3) is 3.86. The van der Waals surface area contributed by atoms with Crippen molar-refractivity contribution in [2.24, 2.45) is 0 Å². The number of amides is 1. The van der Waals surface area contributed by atoms with E-state index in [1.54, 1.807) is 17.7 Å². The minimum Gasteiger partial charge on any atom is -0.474 e. The van der Waals surface area contributed by atoms with Crippen molar-refractivity contribution in [2.45, 2.75) is 57.2 Å². The number of aliphatic hydroxyl groups excluding tert-OH is 1. The number of rotatable bonds is 5. The highest BCUT2D eigenvalue weighted by molar-refractivity contribution is 7.18. The van der Waals surface area contributed by atoms with Gasteiger partial charge in [0.2, 0.25) is 11.8 Å². The van der Waals surface area contributed by atoms with Gasteiger partial charge in [-0.05, 0) is 46.2 Å². The lowest BCUT2D eigenvalue weighted by atomic mass is 9.92. The molecular weight excluding hydrogens is 376 g/mol. The zero-order valence-electron chi connectivity index (χ0n) is 16.6. The van der Waals surface area contributed by atoms with E-state index >= 15 is 0 Å². The zero-order chi connectivity index (χ0) is 19.7. The third-order valence-corrected chi connectivity index (χ3v) is 7.12. The number of nitrogens with zero attached hydrogens (tertiary/aromatic N) is 4. The predicted octanol–water partition coefficient (Wildman–Crippen LogP) is 2.21. The number of hydrogen-bond donors (Lipinski definition) is 1. The van der Waals surface area contributed by atoms with Crippen molar-refractivity contribution in [3.8, 4) is 5.88 Å². The second-order valence-corrected chi connectivity index (χ2v) is 9.00. The Morgan fingerprint density at radius 1 is 1.32 bits per heavy atom. The highest BCUT2D eigenvalue weighted by Gasteiger charge is 2.29. The summed E-state index contributed by atoms with van der Waals surface area (Å²) >= 11 is 1.68. The van der Waals surface area contributed by atoms with Crippen LogP contribution in [0.25, 0.3) is 10.2 Å². The Bertz CT molecular complexity index is 845. The van der Waals surface area contributed by atoms with Crippen LogP contribution in [-0.2, 0) is 17.8 Å². The Labute approximate surface area is 169 Å². The lowest BCUT2D eigenvalue weighted by molar-refractivity contribution is -0.132. The molecule has 2 aliphatic rings. The molecule has 28 heavy (non-hydrogen) atoms. The summed E-state index contributed by atoms with van der Waals surface area (Å²) in [6, 6.07) is 0.630. The second kappa shape index (κ2) is 8.31. The SMILES string of the molecule is CN(C)[C@H]1CC[C@H](Oc2ncnc3sc4c(c23)CN(C(=O)CCO)CC4)CC1. The molecule has 0 atom stereocenters. The van der Waals surface area contributed by atoms with Crippen molar-refractivity contribution < 1.29 is 14.6 Å². The van der Waals surface area contributed by atoms with E-state index in [2.05, 4.69) is 29.0 Å². The van der Waals surface area contributed by atoms with Crippen molar-refractivity contribution in [3.63, 3.8) is 0 Å². The van der Waals surface area contributed by atoms with Crippen molar-refractivity contribution in [2.75, 3.05) is 27.2 Å². The number of aliphatic hydroxyl groups is 1.